The first-order valence-corrected chi connectivity index (χ1v) is 48.4. The highest BCUT2D eigenvalue weighted by atomic mass is 79.9. The highest BCUT2D eigenvalue weighted by Gasteiger charge is 2.25. The fourth-order valence-electron chi connectivity index (χ4n) is 20.9. The van der Waals surface area contributed by atoms with E-state index in [1.807, 2.05) is 48.9 Å². The quantitative estimate of drug-likeness (QED) is 0.0678. The van der Waals surface area contributed by atoms with Crippen molar-refractivity contribution in [2.24, 2.45) is 7.05 Å². The van der Waals surface area contributed by atoms with Crippen molar-refractivity contribution in [1.82, 2.24) is 74.3 Å². The summed E-state index contributed by atoms with van der Waals surface area (Å²) in [6.45, 7) is 2.11. The number of nitrogens with one attached hydrogen (secondary N) is 9. The van der Waals surface area contributed by atoms with Gasteiger partial charge in [0.05, 0.1) is 55.5 Å². The van der Waals surface area contributed by atoms with Gasteiger partial charge in [0.1, 0.15) is 29.1 Å². The third-order valence-electron chi connectivity index (χ3n) is 27.4. The summed E-state index contributed by atoms with van der Waals surface area (Å²) in [5, 5.41) is 25.4. The second-order valence-electron chi connectivity index (χ2n) is 35.6. The molecule has 0 radical (unpaired) electrons. The first kappa shape index (κ1) is 82.9. The summed E-state index contributed by atoms with van der Waals surface area (Å²) in [5.74, 6) is 4.47. The van der Waals surface area contributed by atoms with Gasteiger partial charge in [-0.1, -0.05) is 366 Å². The molecule has 0 aliphatic carbocycles. The molecule has 10 heterocycles. The van der Waals surface area contributed by atoms with Crippen LogP contribution in [0, 0.1) is 6.92 Å². The van der Waals surface area contributed by atoms with E-state index in [0.29, 0.717) is 0 Å². The molecule has 30 aromatic rings. The lowest BCUT2D eigenvalue weighted by atomic mass is 10.0. The van der Waals surface area contributed by atoms with Crippen molar-refractivity contribution in [1.29, 1.82) is 0 Å². The van der Waals surface area contributed by atoms with Crippen LogP contribution in [0.15, 0.2) is 422 Å². The van der Waals surface area contributed by atoms with Crippen LogP contribution in [-0.4, -0.2) is 74.3 Å². The number of aromatic nitrogens is 15. The number of rotatable bonds is 8. The molecule has 664 valence electrons. The van der Waals surface area contributed by atoms with Gasteiger partial charge in [-0.25, -0.2) is 24.9 Å². The van der Waals surface area contributed by atoms with Crippen molar-refractivity contribution in [2.45, 2.75) is 6.92 Å². The van der Waals surface area contributed by atoms with Crippen LogP contribution < -0.4 is 0 Å². The van der Waals surface area contributed by atoms with Crippen LogP contribution in [0.1, 0.15) is 5.69 Å². The van der Waals surface area contributed by atoms with Crippen LogP contribution >= 0.6 is 31.9 Å². The minimum Gasteiger partial charge on any atom is -0.360 e. The summed E-state index contributed by atoms with van der Waals surface area (Å²) in [5.41, 5.74) is 27.4. The van der Waals surface area contributed by atoms with E-state index in [1.54, 1.807) is 0 Å². The molecule has 0 aliphatic heterocycles. The van der Waals surface area contributed by atoms with Gasteiger partial charge >= 0.3 is 0 Å². The smallest absolute Gasteiger partial charge is 0.140 e. The van der Waals surface area contributed by atoms with Gasteiger partial charge in [-0.2, -0.15) is 0 Å². The Morgan fingerprint density at radius 2 is 0.536 bits per heavy atom. The number of hydrogen-bond donors (Lipinski definition) is 9. The zero-order valence-electron chi connectivity index (χ0n) is 75.7. The molecular formula is C123H83Br2N15. The summed E-state index contributed by atoms with van der Waals surface area (Å²) in [6, 6.07) is 135. The van der Waals surface area contributed by atoms with E-state index in [1.165, 1.54) is 119 Å². The first-order chi connectivity index (χ1) is 69.1. The van der Waals surface area contributed by atoms with E-state index in [4.69, 9.17) is 24.9 Å². The number of hydrogen-bond acceptors (Lipinski definition) is 5. The van der Waals surface area contributed by atoms with Crippen molar-refractivity contribution in [3.05, 3.63) is 428 Å². The molecule has 0 fully saturated rings. The lowest BCUT2D eigenvalue weighted by molar-refractivity contribution is 0.969. The number of para-hydroxylation sites is 3. The standard InChI is InChI=1S/C29H20BrN3.2C24H17N3.C23H14BrN3.C23H15N3/c30-23-15-16-26-24(17-23)25(18-31-26)29-32-27(21-9-5-2-6-10-21)28(33-29)22-13-11-20(12-14-22)19-7-3-1-4-8-19;1-27-14-20(17-10-6-7-13-21(17)27)24-25-22-18-11-4-2-8-15(18)16-9-3-5-12-19(16)23(22)26-24;1-14-21(19-12-6-7-13-20(19)25-14)24-26-22-17-10-4-2-8-15(17)16-9-3-5-11-18(16)23(22)27-24;24-13-9-10-20-18(11-13)19(12-25-20)23-26-21-16-7-3-1-5-14(16)15-6-2-4-8-17(15)22(21)27-23;1-3-10-17-14(7-1)15-8-2-4-11-18(15)22-21(17)25-23(26-22)19-13-24-20-12-6-5-9-16(19)20/h1-18,31H,(H,32,33);2-14H,1H3,(H,25,26);2-13,25H,1H3,(H,26,27);1-12,25H,(H,26,27);1-13,24H,(H,25,26). The van der Waals surface area contributed by atoms with Gasteiger partial charge in [0, 0.05) is 183 Å². The maximum absolute atomic E-state index is 5.07. The molecular weight excluding hydrogens is 1850 g/mol. The predicted molar refractivity (Wildman–Crippen MR) is 591 cm³/mol. The van der Waals surface area contributed by atoms with Gasteiger partial charge < -0.3 is 49.4 Å². The monoisotopic (exact) mass is 1930 g/mol. The second-order valence-corrected chi connectivity index (χ2v) is 37.4. The highest BCUT2D eigenvalue weighted by Crippen LogP contribution is 2.45. The Hall–Kier alpha value is -17.8. The molecule has 0 bridgehead atoms. The van der Waals surface area contributed by atoms with Crippen LogP contribution in [0.2, 0.25) is 0 Å². The number of aromatic amines is 9. The minimum absolute atomic E-state index is 0.848. The molecule has 0 unspecified atom stereocenters. The Morgan fingerprint density at radius 3 is 0.979 bits per heavy atom. The molecule has 15 nitrogen and oxygen atoms in total. The average molecular weight is 1930 g/mol. The maximum Gasteiger partial charge on any atom is 0.140 e. The van der Waals surface area contributed by atoms with E-state index >= 15 is 0 Å². The molecule has 0 aliphatic rings. The van der Waals surface area contributed by atoms with Crippen molar-refractivity contribution in [3.8, 4) is 90.6 Å². The third kappa shape index (κ3) is 14.3. The van der Waals surface area contributed by atoms with E-state index in [-0.39, 0.29) is 0 Å². The number of nitrogens with zero attached hydrogens (tertiary/aromatic N) is 6. The van der Waals surface area contributed by atoms with Crippen molar-refractivity contribution in [2.75, 3.05) is 0 Å². The molecule has 17 heteroatoms. The summed E-state index contributed by atoms with van der Waals surface area (Å²) in [4.78, 5) is 56.9. The SMILES string of the molecule is Brc1ccc2[nH]cc(-c3nc(-c4ccccc4)c(-c4ccc(-c5ccccc5)cc4)[nH]3)c2c1.Brc1ccc2[nH]cc(-c3nc4c5ccccc5c5ccccc5c4[nH]3)c2c1.Cc1[nH]c2ccccc2c1-c1nc2c3ccccc3c3ccccc3c2[nH]1.Cn1cc(-c2nc3c4ccccc4c4ccccc4c3[nH]2)c2ccccc21.c1ccc2c(-c3nc4c5ccccc5c5ccccc5c4[nH]3)c[nH]c2c1. The number of benzene rings is 20. The topological polar surface area (TPSA) is 211 Å². The van der Waals surface area contributed by atoms with Crippen LogP contribution in [0.25, 0.3) is 275 Å². The molecule has 30 rings (SSSR count). The van der Waals surface area contributed by atoms with Gasteiger partial charge in [0.15, 0.2) is 0 Å². The Morgan fingerprint density at radius 1 is 0.229 bits per heavy atom. The molecule has 140 heavy (non-hydrogen) atoms. The minimum atomic E-state index is 0.848. The number of imidazole rings is 5. The summed E-state index contributed by atoms with van der Waals surface area (Å²) in [6.07, 6.45) is 8.24. The zero-order chi connectivity index (χ0) is 93.2. The Balaban J connectivity index is 0.0000000902. The normalized spacial score (nSPS) is 11.7. The van der Waals surface area contributed by atoms with Crippen molar-refractivity contribution >= 4 is 217 Å². The van der Waals surface area contributed by atoms with Gasteiger partial charge in [0.2, 0.25) is 0 Å². The molecule has 0 saturated carbocycles. The molecule has 0 spiro atoms. The largest absolute Gasteiger partial charge is 0.360 e. The van der Waals surface area contributed by atoms with Gasteiger partial charge in [-0.15, -0.1) is 0 Å². The second kappa shape index (κ2) is 34.2. The molecule has 9 N–H and O–H groups in total. The fraction of sp³-hybridized carbons (Fsp3) is 0.0163. The molecule has 0 saturated heterocycles. The summed E-state index contributed by atoms with van der Waals surface area (Å²) >= 11 is 7.18. The molecule has 20 aromatic carbocycles. The lowest BCUT2D eigenvalue weighted by Crippen LogP contribution is -1.84. The Labute approximate surface area is 817 Å². The average Bonchev–Trinajstić information content (AvgIpc) is 1.58. The van der Waals surface area contributed by atoms with Crippen LogP contribution in [0.5, 0.6) is 0 Å². The fourth-order valence-corrected chi connectivity index (χ4v) is 21.6. The number of halogens is 2. The van der Waals surface area contributed by atoms with E-state index in [9.17, 15) is 0 Å². The molecule has 0 amide bonds. The predicted octanol–water partition coefficient (Wildman–Crippen LogP) is 33.5. The highest BCUT2D eigenvalue weighted by molar-refractivity contribution is 9.10. The summed E-state index contributed by atoms with van der Waals surface area (Å²) < 4.78 is 4.26. The van der Waals surface area contributed by atoms with Crippen LogP contribution in [0.3, 0.4) is 0 Å². The number of fused-ring (bicyclic) bond motifs is 29. The van der Waals surface area contributed by atoms with Crippen molar-refractivity contribution in [3.63, 3.8) is 0 Å². The maximum atomic E-state index is 5.07. The van der Waals surface area contributed by atoms with E-state index in [0.717, 1.165) is 171 Å². The van der Waals surface area contributed by atoms with E-state index < -0.39 is 0 Å². The lowest BCUT2D eigenvalue weighted by Gasteiger charge is -2.06. The molecule has 10 aromatic heterocycles. The van der Waals surface area contributed by atoms with Gasteiger partial charge in [-0.3, -0.25) is 0 Å². The molecule has 0 atom stereocenters. The summed E-state index contributed by atoms with van der Waals surface area (Å²) in [7, 11) is 2.08. The van der Waals surface area contributed by atoms with Gasteiger partial charge in [0.25, 0.3) is 0 Å². The Kier molecular flexibility index (Phi) is 20.3. The number of H-pyrrole nitrogens is 9. The van der Waals surface area contributed by atoms with E-state index in [2.05, 4.69) is 459 Å². The van der Waals surface area contributed by atoms with Crippen LogP contribution in [-0.2, 0) is 7.05 Å². The first-order valence-electron chi connectivity index (χ1n) is 46.8. The third-order valence-corrected chi connectivity index (χ3v) is 28.4. The van der Waals surface area contributed by atoms with Gasteiger partial charge in [-0.05, 0) is 116 Å². The Bertz CT molecular complexity index is 9820. The van der Waals surface area contributed by atoms with Crippen LogP contribution in [0.4, 0.5) is 0 Å². The number of aryl methyl sites for hydroxylation is 2. The van der Waals surface area contributed by atoms with Crippen molar-refractivity contribution < 1.29 is 0 Å². The zero-order valence-corrected chi connectivity index (χ0v) is 78.9.